The monoisotopic (exact) mass is 491 g/mol. The predicted octanol–water partition coefficient (Wildman–Crippen LogP) is 3.59. The van der Waals surface area contributed by atoms with Crippen LogP contribution in [0.25, 0.3) is 0 Å². The molecule has 1 saturated heterocycles. The summed E-state index contributed by atoms with van der Waals surface area (Å²) in [5.74, 6) is 4.01. The van der Waals surface area contributed by atoms with E-state index >= 15 is 0 Å². The predicted molar refractivity (Wildman–Crippen MR) is 121 cm³/mol. The Hall–Kier alpha value is -0.830. The van der Waals surface area contributed by atoms with Crippen molar-refractivity contribution < 1.29 is 9.47 Å². The van der Waals surface area contributed by atoms with Crippen molar-refractivity contribution in [2.75, 3.05) is 26.0 Å². The zero-order valence-corrected chi connectivity index (χ0v) is 19.0. The number of ether oxygens (including phenoxy) is 2. The lowest BCUT2D eigenvalue weighted by Crippen LogP contribution is -2.40. The molecule has 0 spiro atoms. The SMILES string of the molecule is CCNC(=NCc1cc2c(cc1OC)CC(C)O2)NCC1CCCS1.I. The minimum atomic E-state index is 0. The molecule has 2 unspecified atom stereocenters. The first-order valence-corrected chi connectivity index (χ1v) is 10.2. The quantitative estimate of drug-likeness (QED) is 0.362. The molecule has 2 atom stereocenters. The van der Waals surface area contributed by atoms with Gasteiger partial charge in [0.2, 0.25) is 0 Å². The van der Waals surface area contributed by atoms with Crippen molar-refractivity contribution in [3.8, 4) is 11.5 Å². The highest BCUT2D eigenvalue weighted by atomic mass is 127. The van der Waals surface area contributed by atoms with Gasteiger partial charge in [-0.15, -0.1) is 24.0 Å². The average molecular weight is 491 g/mol. The summed E-state index contributed by atoms with van der Waals surface area (Å²) in [6, 6.07) is 4.18. The Morgan fingerprint density at radius 2 is 2.23 bits per heavy atom. The maximum absolute atomic E-state index is 5.88. The number of benzene rings is 1. The van der Waals surface area contributed by atoms with E-state index in [9.17, 15) is 0 Å². The highest BCUT2D eigenvalue weighted by molar-refractivity contribution is 14.0. The van der Waals surface area contributed by atoms with E-state index in [4.69, 9.17) is 14.5 Å². The van der Waals surface area contributed by atoms with Crippen LogP contribution in [-0.4, -0.2) is 43.3 Å². The second kappa shape index (κ2) is 10.5. The average Bonchev–Trinajstić information content (AvgIpc) is 3.24. The first-order valence-electron chi connectivity index (χ1n) is 9.19. The number of rotatable bonds is 6. The molecule has 3 rings (SSSR count). The van der Waals surface area contributed by atoms with E-state index in [-0.39, 0.29) is 30.1 Å². The summed E-state index contributed by atoms with van der Waals surface area (Å²) in [5.41, 5.74) is 2.28. The molecule has 146 valence electrons. The van der Waals surface area contributed by atoms with Crippen molar-refractivity contribution in [3.63, 3.8) is 0 Å². The van der Waals surface area contributed by atoms with Crippen molar-refractivity contribution in [2.45, 2.75) is 51.0 Å². The number of hydrogen-bond acceptors (Lipinski definition) is 4. The number of guanidine groups is 1. The fourth-order valence-electron chi connectivity index (χ4n) is 3.32. The Labute approximate surface area is 178 Å². The van der Waals surface area contributed by atoms with Gasteiger partial charge < -0.3 is 20.1 Å². The molecule has 1 fully saturated rings. The van der Waals surface area contributed by atoms with Crippen molar-refractivity contribution in [3.05, 3.63) is 23.3 Å². The molecule has 26 heavy (non-hydrogen) atoms. The van der Waals surface area contributed by atoms with Gasteiger partial charge in [-0.2, -0.15) is 11.8 Å². The topological polar surface area (TPSA) is 54.9 Å². The van der Waals surface area contributed by atoms with Gasteiger partial charge in [0.15, 0.2) is 5.96 Å². The van der Waals surface area contributed by atoms with Crippen LogP contribution in [0.15, 0.2) is 17.1 Å². The number of fused-ring (bicyclic) bond motifs is 1. The number of nitrogens with zero attached hydrogens (tertiary/aromatic N) is 1. The minimum Gasteiger partial charge on any atom is -0.496 e. The van der Waals surface area contributed by atoms with Gasteiger partial charge in [0.25, 0.3) is 0 Å². The Balaban J connectivity index is 0.00000243. The normalized spacial score (nSPS) is 21.6. The molecule has 0 bridgehead atoms. The van der Waals surface area contributed by atoms with Crippen LogP contribution in [0.2, 0.25) is 0 Å². The molecule has 0 saturated carbocycles. The van der Waals surface area contributed by atoms with Crippen molar-refractivity contribution in [1.29, 1.82) is 0 Å². The van der Waals surface area contributed by atoms with E-state index in [0.29, 0.717) is 11.8 Å². The van der Waals surface area contributed by atoms with Crippen LogP contribution < -0.4 is 20.1 Å². The van der Waals surface area contributed by atoms with Crippen molar-refractivity contribution in [2.24, 2.45) is 4.99 Å². The van der Waals surface area contributed by atoms with E-state index in [0.717, 1.165) is 42.5 Å². The lowest BCUT2D eigenvalue weighted by Gasteiger charge is -2.15. The number of nitrogens with one attached hydrogen (secondary N) is 2. The Bertz CT molecular complexity index is 621. The summed E-state index contributed by atoms with van der Waals surface area (Å²) in [4.78, 5) is 4.75. The van der Waals surface area contributed by atoms with Crippen LogP contribution in [0, 0.1) is 0 Å². The minimum absolute atomic E-state index is 0. The first-order chi connectivity index (χ1) is 12.2. The maximum Gasteiger partial charge on any atom is 0.191 e. The number of halogens is 1. The van der Waals surface area contributed by atoms with Crippen LogP contribution in [0.1, 0.15) is 37.8 Å². The Kier molecular flexibility index (Phi) is 8.66. The third kappa shape index (κ3) is 5.58. The lowest BCUT2D eigenvalue weighted by atomic mass is 10.1. The lowest BCUT2D eigenvalue weighted by molar-refractivity contribution is 0.254. The van der Waals surface area contributed by atoms with Crippen LogP contribution in [0.5, 0.6) is 11.5 Å². The van der Waals surface area contributed by atoms with E-state index in [1.165, 1.54) is 24.2 Å². The van der Waals surface area contributed by atoms with Crippen molar-refractivity contribution >= 4 is 41.7 Å². The fourth-order valence-corrected chi connectivity index (χ4v) is 4.52. The molecule has 0 radical (unpaired) electrons. The molecule has 0 aromatic heterocycles. The highest BCUT2D eigenvalue weighted by Gasteiger charge is 2.21. The fraction of sp³-hybridized carbons (Fsp3) is 0.632. The van der Waals surface area contributed by atoms with Gasteiger partial charge in [-0.05, 0) is 44.6 Å². The molecular weight excluding hydrogens is 461 g/mol. The Morgan fingerprint density at radius 3 is 2.92 bits per heavy atom. The molecule has 0 aliphatic carbocycles. The highest BCUT2D eigenvalue weighted by Crippen LogP contribution is 2.35. The summed E-state index contributed by atoms with van der Waals surface area (Å²) in [7, 11) is 1.72. The standard InChI is InChI=1S/C19H29N3O2S.HI/c1-4-20-19(22-12-16-6-5-7-25-16)21-11-15-10-18-14(8-13(2)24-18)9-17(15)23-3;/h9-10,13,16H,4-8,11-12H2,1-3H3,(H2,20,21,22);1H. The van der Waals surface area contributed by atoms with Gasteiger partial charge in [-0.3, -0.25) is 0 Å². The largest absolute Gasteiger partial charge is 0.496 e. The van der Waals surface area contributed by atoms with E-state index in [2.05, 4.69) is 48.4 Å². The molecule has 5 nitrogen and oxygen atoms in total. The summed E-state index contributed by atoms with van der Waals surface area (Å²) >= 11 is 2.05. The molecular formula is C19H30IN3O2S. The summed E-state index contributed by atoms with van der Waals surface area (Å²) in [6.07, 6.45) is 3.81. The molecule has 2 aliphatic rings. The third-order valence-corrected chi connectivity index (χ3v) is 5.97. The zero-order chi connectivity index (χ0) is 17.6. The number of thioether (sulfide) groups is 1. The molecule has 0 amide bonds. The summed E-state index contributed by atoms with van der Waals surface area (Å²) < 4.78 is 11.4. The smallest absolute Gasteiger partial charge is 0.191 e. The number of aliphatic imine (C=N–C) groups is 1. The zero-order valence-electron chi connectivity index (χ0n) is 15.8. The van der Waals surface area contributed by atoms with Gasteiger partial charge in [0, 0.05) is 35.9 Å². The third-order valence-electron chi connectivity index (χ3n) is 4.57. The first kappa shape index (κ1) is 21.5. The Morgan fingerprint density at radius 1 is 1.38 bits per heavy atom. The van der Waals surface area contributed by atoms with Gasteiger partial charge in [-0.25, -0.2) is 4.99 Å². The molecule has 2 N–H and O–H groups in total. The summed E-state index contributed by atoms with van der Waals surface area (Å²) in [5, 5.41) is 7.51. The molecule has 2 aliphatic heterocycles. The maximum atomic E-state index is 5.88. The van der Waals surface area contributed by atoms with Crippen LogP contribution in [0.3, 0.4) is 0 Å². The van der Waals surface area contributed by atoms with Crippen LogP contribution >= 0.6 is 35.7 Å². The van der Waals surface area contributed by atoms with Gasteiger partial charge >= 0.3 is 0 Å². The van der Waals surface area contributed by atoms with E-state index in [1.54, 1.807) is 7.11 Å². The van der Waals surface area contributed by atoms with Crippen molar-refractivity contribution in [1.82, 2.24) is 10.6 Å². The van der Waals surface area contributed by atoms with E-state index in [1.807, 2.05) is 0 Å². The number of hydrogen-bond donors (Lipinski definition) is 2. The molecule has 1 aromatic rings. The molecule has 1 aromatic carbocycles. The van der Waals surface area contributed by atoms with E-state index < -0.39 is 0 Å². The number of methoxy groups -OCH3 is 1. The van der Waals surface area contributed by atoms with Gasteiger partial charge in [0.1, 0.15) is 17.6 Å². The van der Waals surface area contributed by atoms with Crippen LogP contribution in [0.4, 0.5) is 0 Å². The van der Waals surface area contributed by atoms with Gasteiger partial charge in [-0.1, -0.05) is 0 Å². The molecule has 2 heterocycles. The second-order valence-electron chi connectivity index (χ2n) is 6.62. The van der Waals surface area contributed by atoms with Crippen LogP contribution in [-0.2, 0) is 13.0 Å². The second-order valence-corrected chi connectivity index (χ2v) is 8.02. The summed E-state index contributed by atoms with van der Waals surface area (Å²) in [6.45, 7) is 6.58. The van der Waals surface area contributed by atoms with Gasteiger partial charge in [0.05, 0.1) is 13.7 Å². The molecule has 7 heteroatoms.